The second-order valence-electron chi connectivity index (χ2n) is 7.13. The summed E-state index contributed by atoms with van der Waals surface area (Å²) < 4.78 is 18.8. The second-order valence-corrected chi connectivity index (χ2v) is 7.13. The van der Waals surface area contributed by atoms with Crippen LogP contribution >= 0.6 is 0 Å². The summed E-state index contributed by atoms with van der Waals surface area (Å²) in [6, 6.07) is 14.2. The van der Waals surface area contributed by atoms with Gasteiger partial charge in [0.05, 0.1) is 24.6 Å². The lowest BCUT2D eigenvalue weighted by Gasteiger charge is -2.17. The maximum Gasteiger partial charge on any atom is 0.257 e. The lowest BCUT2D eigenvalue weighted by Crippen LogP contribution is -2.29. The molecule has 2 heterocycles. The van der Waals surface area contributed by atoms with Crippen LogP contribution in [-0.4, -0.2) is 41.2 Å². The minimum atomic E-state index is -0.341. The van der Waals surface area contributed by atoms with Crippen LogP contribution in [-0.2, 0) is 6.42 Å². The zero-order valence-corrected chi connectivity index (χ0v) is 15.7. The van der Waals surface area contributed by atoms with E-state index in [4.69, 9.17) is 4.74 Å². The number of amides is 1. The van der Waals surface area contributed by atoms with Crippen molar-refractivity contribution in [3.63, 3.8) is 0 Å². The number of carbonyl (C=O) groups excluding carboxylic acids is 1. The van der Waals surface area contributed by atoms with Gasteiger partial charge in [0.2, 0.25) is 0 Å². The predicted octanol–water partition coefficient (Wildman–Crippen LogP) is 3.93. The van der Waals surface area contributed by atoms with Gasteiger partial charge in [-0.2, -0.15) is 5.10 Å². The van der Waals surface area contributed by atoms with E-state index < -0.39 is 0 Å². The molecule has 1 aromatic heterocycles. The topological polar surface area (TPSA) is 58.2 Å². The van der Waals surface area contributed by atoms with E-state index in [1.54, 1.807) is 19.2 Å². The molecule has 0 aliphatic carbocycles. The van der Waals surface area contributed by atoms with Crippen molar-refractivity contribution >= 4 is 5.91 Å². The third-order valence-corrected chi connectivity index (χ3v) is 5.24. The fourth-order valence-electron chi connectivity index (χ4n) is 3.76. The number of hydrogen-bond acceptors (Lipinski definition) is 3. The molecule has 1 amide bonds. The summed E-state index contributed by atoms with van der Waals surface area (Å²) in [6.45, 7) is 1.42. The van der Waals surface area contributed by atoms with Crippen LogP contribution in [0.4, 0.5) is 4.39 Å². The molecule has 1 unspecified atom stereocenters. The van der Waals surface area contributed by atoms with Gasteiger partial charge < -0.3 is 9.64 Å². The molecular formula is C22H22FN3O2. The average molecular weight is 379 g/mol. The highest BCUT2D eigenvalue weighted by Crippen LogP contribution is 2.27. The normalized spacial score (nSPS) is 16.4. The van der Waals surface area contributed by atoms with Crippen LogP contribution < -0.4 is 4.74 Å². The highest BCUT2D eigenvalue weighted by atomic mass is 19.1. The van der Waals surface area contributed by atoms with Gasteiger partial charge in [0.1, 0.15) is 11.6 Å². The number of likely N-dealkylation sites (tertiary alicyclic amines) is 1. The van der Waals surface area contributed by atoms with Gasteiger partial charge in [-0.1, -0.05) is 24.3 Å². The summed E-state index contributed by atoms with van der Waals surface area (Å²) >= 11 is 0. The Labute approximate surface area is 163 Å². The molecular weight excluding hydrogens is 357 g/mol. The quantitative estimate of drug-likeness (QED) is 0.731. The van der Waals surface area contributed by atoms with Crippen LogP contribution in [0, 0.1) is 11.7 Å². The van der Waals surface area contributed by atoms with Gasteiger partial charge in [0, 0.05) is 18.7 Å². The summed E-state index contributed by atoms with van der Waals surface area (Å²) in [7, 11) is 1.66. The van der Waals surface area contributed by atoms with Crippen molar-refractivity contribution < 1.29 is 13.9 Å². The Hall–Kier alpha value is -3.15. The molecule has 144 valence electrons. The van der Waals surface area contributed by atoms with E-state index in [9.17, 15) is 9.18 Å². The lowest BCUT2D eigenvalue weighted by atomic mass is 9.99. The van der Waals surface area contributed by atoms with Crippen LogP contribution in [0.15, 0.2) is 54.7 Å². The largest absolute Gasteiger partial charge is 0.497 e. The van der Waals surface area contributed by atoms with Gasteiger partial charge >= 0.3 is 0 Å². The molecule has 1 aliphatic heterocycles. The van der Waals surface area contributed by atoms with Crippen molar-refractivity contribution in [2.24, 2.45) is 5.92 Å². The minimum Gasteiger partial charge on any atom is -0.497 e. The fraction of sp³-hybridized carbons (Fsp3) is 0.273. The summed E-state index contributed by atoms with van der Waals surface area (Å²) in [5.41, 5.74) is 2.90. The van der Waals surface area contributed by atoms with Crippen molar-refractivity contribution in [1.29, 1.82) is 0 Å². The number of benzene rings is 2. The highest BCUT2D eigenvalue weighted by Gasteiger charge is 2.29. The first kappa shape index (κ1) is 18.2. The Morgan fingerprint density at radius 1 is 1.29 bits per heavy atom. The maximum absolute atomic E-state index is 13.6. The van der Waals surface area contributed by atoms with Gasteiger partial charge in [0.15, 0.2) is 0 Å². The Morgan fingerprint density at radius 3 is 2.86 bits per heavy atom. The number of halogens is 1. The number of aromatic nitrogens is 2. The maximum atomic E-state index is 13.6. The van der Waals surface area contributed by atoms with Gasteiger partial charge in [-0.05, 0) is 48.6 Å². The number of carbonyl (C=O) groups is 1. The van der Waals surface area contributed by atoms with Crippen molar-refractivity contribution in [2.45, 2.75) is 12.8 Å². The number of H-pyrrole nitrogens is 1. The SMILES string of the molecule is COc1ccc(CC2CCN(C(=O)c3cn[nH]c3-c3cccc(F)c3)C2)cc1. The number of nitrogens with one attached hydrogen (secondary N) is 1. The number of nitrogens with zero attached hydrogens (tertiary/aromatic N) is 2. The first-order chi connectivity index (χ1) is 13.6. The number of aromatic amines is 1. The molecule has 6 heteroatoms. The molecule has 1 saturated heterocycles. The van der Waals surface area contributed by atoms with Crippen molar-refractivity contribution in [3.8, 4) is 17.0 Å². The fourth-order valence-corrected chi connectivity index (χ4v) is 3.76. The van der Waals surface area contributed by atoms with Crippen LogP contribution in [0.3, 0.4) is 0 Å². The van der Waals surface area contributed by atoms with Crippen molar-refractivity contribution in [2.75, 3.05) is 20.2 Å². The Bertz CT molecular complexity index is 968. The number of ether oxygens (including phenoxy) is 1. The van der Waals surface area contributed by atoms with Crippen molar-refractivity contribution in [1.82, 2.24) is 15.1 Å². The number of methoxy groups -OCH3 is 1. The molecule has 0 saturated carbocycles. The summed E-state index contributed by atoms with van der Waals surface area (Å²) in [6.07, 6.45) is 3.42. The van der Waals surface area contributed by atoms with Gasteiger partial charge in [0.25, 0.3) is 5.91 Å². The molecule has 5 nitrogen and oxygen atoms in total. The van der Waals surface area contributed by atoms with E-state index in [0.29, 0.717) is 35.8 Å². The molecule has 0 radical (unpaired) electrons. The summed E-state index contributed by atoms with van der Waals surface area (Å²) in [4.78, 5) is 14.9. The monoisotopic (exact) mass is 379 g/mol. The Morgan fingerprint density at radius 2 is 2.11 bits per heavy atom. The predicted molar refractivity (Wildman–Crippen MR) is 105 cm³/mol. The molecule has 4 rings (SSSR count). The van der Waals surface area contributed by atoms with E-state index in [-0.39, 0.29) is 11.7 Å². The minimum absolute atomic E-state index is 0.0646. The third kappa shape index (κ3) is 3.76. The van der Waals surface area contributed by atoms with E-state index in [2.05, 4.69) is 22.3 Å². The molecule has 1 atom stereocenters. The van der Waals surface area contributed by atoms with E-state index in [1.807, 2.05) is 17.0 Å². The van der Waals surface area contributed by atoms with E-state index >= 15 is 0 Å². The van der Waals surface area contributed by atoms with Crippen molar-refractivity contribution in [3.05, 3.63) is 71.7 Å². The molecule has 28 heavy (non-hydrogen) atoms. The summed E-state index contributed by atoms with van der Waals surface area (Å²) in [5, 5.41) is 6.86. The first-order valence-corrected chi connectivity index (χ1v) is 9.35. The molecule has 0 spiro atoms. The Balaban J connectivity index is 1.44. The van der Waals surface area contributed by atoms with Crippen LogP contribution in [0.25, 0.3) is 11.3 Å². The van der Waals surface area contributed by atoms with Gasteiger partial charge in [-0.3, -0.25) is 9.89 Å². The molecule has 0 bridgehead atoms. The number of hydrogen-bond donors (Lipinski definition) is 1. The molecule has 1 N–H and O–H groups in total. The smallest absolute Gasteiger partial charge is 0.257 e. The van der Waals surface area contributed by atoms with Gasteiger partial charge in [-0.25, -0.2) is 4.39 Å². The van der Waals surface area contributed by atoms with Crippen LogP contribution in [0.5, 0.6) is 5.75 Å². The third-order valence-electron chi connectivity index (χ3n) is 5.24. The van der Waals surface area contributed by atoms with E-state index in [0.717, 1.165) is 18.6 Å². The van der Waals surface area contributed by atoms with Crippen LogP contribution in [0.1, 0.15) is 22.3 Å². The van der Waals surface area contributed by atoms with Crippen LogP contribution in [0.2, 0.25) is 0 Å². The van der Waals surface area contributed by atoms with Gasteiger partial charge in [-0.15, -0.1) is 0 Å². The second kappa shape index (κ2) is 7.84. The van der Waals surface area contributed by atoms with E-state index in [1.165, 1.54) is 23.9 Å². The number of rotatable bonds is 5. The average Bonchev–Trinajstić information content (AvgIpc) is 3.38. The standard InChI is InChI=1S/C22H22FN3O2/c1-28-19-7-5-15(6-8-19)11-16-9-10-26(14-16)22(27)20-13-24-25-21(20)17-3-2-4-18(23)12-17/h2-8,12-13,16H,9-11,14H2,1H3,(H,24,25). The lowest BCUT2D eigenvalue weighted by molar-refractivity contribution is 0.0788. The summed E-state index contributed by atoms with van der Waals surface area (Å²) in [5.74, 6) is 0.857. The zero-order chi connectivity index (χ0) is 19.5. The Kier molecular flexibility index (Phi) is 5.10. The highest BCUT2D eigenvalue weighted by molar-refractivity contribution is 5.99. The molecule has 2 aromatic carbocycles. The molecule has 3 aromatic rings. The molecule has 1 fully saturated rings. The first-order valence-electron chi connectivity index (χ1n) is 9.35. The zero-order valence-electron chi connectivity index (χ0n) is 15.7. The molecule has 1 aliphatic rings.